The molecule has 1 atom stereocenters. The Morgan fingerprint density at radius 3 is 0.871 bits per heavy atom. The van der Waals surface area contributed by atoms with Crippen molar-refractivity contribution in [2.45, 2.75) is 290 Å². The third-order valence-electron chi connectivity index (χ3n) is 12.7. The number of allylic oxidation sites excluding steroid dienone is 14. The van der Waals surface area contributed by atoms with E-state index in [1.807, 2.05) is 0 Å². The molecule has 0 aliphatic rings. The van der Waals surface area contributed by atoms with Crippen molar-refractivity contribution in [1.29, 1.82) is 0 Å². The van der Waals surface area contributed by atoms with Crippen LogP contribution in [-0.4, -0.2) is 37.2 Å². The van der Waals surface area contributed by atoms with E-state index in [9.17, 15) is 14.4 Å². The second-order valence-corrected chi connectivity index (χ2v) is 19.5. The molecule has 0 saturated heterocycles. The van der Waals surface area contributed by atoms with E-state index in [2.05, 4.69) is 106 Å². The highest BCUT2D eigenvalue weighted by atomic mass is 16.6. The first-order chi connectivity index (χ1) is 34.5. The highest BCUT2D eigenvalue weighted by molar-refractivity contribution is 5.71. The Labute approximate surface area is 433 Å². The summed E-state index contributed by atoms with van der Waals surface area (Å²) in [5.74, 6) is -0.921. The van der Waals surface area contributed by atoms with Crippen molar-refractivity contribution in [1.82, 2.24) is 0 Å². The summed E-state index contributed by atoms with van der Waals surface area (Å²) in [7, 11) is 0. The zero-order valence-corrected chi connectivity index (χ0v) is 46.0. The van der Waals surface area contributed by atoms with Crippen LogP contribution in [0.4, 0.5) is 0 Å². The van der Waals surface area contributed by atoms with Crippen molar-refractivity contribution >= 4 is 17.9 Å². The van der Waals surface area contributed by atoms with Crippen LogP contribution in [0.25, 0.3) is 0 Å². The molecule has 0 saturated carbocycles. The number of carbonyl (C=O) groups is 3. The minimum absolute atomic E-state index is 0.0854. The monoisotopic (exact) mass is 975 g/mol. The predicted octanol–water partition coefficient (Wildman–Crippen LogP) is 19.9. The fourth-order valence-corrected chi connectivity index (χ4v) is 8.25. The molecule has 6 nitrogen and oxygen atoms in total. The number of hydrogen-bond acceptors (Lipinski definition) is 6. The lowest BCUT2D eigenvalue weighted by Gasteiger charge is -2.18. The van der Waals surface area contributed by atoms with Gasteiger partial charge in [0.2, 0.25) is 0 Å². The third-order valence-corrected chi connectivity index (χ3v) is 12.7. The van der Waals surface area contributed by atoms with Crippen molar-refractivity contribution in [3.63, 3.8) is 0 Å². The van der Waals surface area contributed by atoms with Gasteiger partial charge in [0.15, 0.2) is 6.10 Å². The lowest BCUT2D eigenvalue weighted by Crippen LogP contribution is -2.30. The van der Waals surface area contributed by atoms with Crippen LogP contribution in [0.2, 0.25) is 0 Å². The van der Waals surface area contributed by atoms with Crippen molar-refractivity contribution in [2.24, 2.45) is 0 Å². The molecule has 402 valence electrons. The summed E-state index contributed by atoms with van der Waals surface area (Å²) in [5, 5.41) is 0. The molecule has 0 radical (unpaired) electrons. The van der Waals surface area contributed by atoms with Crippen LogP contribution in [0.1, 0.15) is 284 Å². The Morgan fingerprint density at radius 1 is 0.300 bits per heavy atom. The van der Waals surface area contributed by atoms with Crippen molar-refractivity contribution in [3.05, 3.63) is 85.1 Å². The number of esters is 3. The average Bonchev–Trinajstić information content (AvgIpc) is 3.36. The molecule has 0 spiro atoms. The van der Waals surface area contributed by atoms with Gasteiger partial charge < -0.3 is 14.2 Å². The molecule has 70 heavy (non-hydrogen) atoms. The average molecular weight is 976 g/mol. The van der Waals surface area contributed by atoms with E-state index >= 15 is 0 Å². The summed E-state index contributed by atoms with van der Waals surface area (Å²) in [6.45, 7) is 6.46. The van der Waals surface area contributed by atoms with E-state index < -0.39 is 6.10 Å². The molecular weight excluding hydrogens is 865 g/mol. The number of ether oxygens (including phenoxy) is 3. The molecule has 0 fully saturated rings. The molecule has 0 heterocycles. The first-order valence-electron chi connectivity index (χ1n) is 29.6. The van der Waals surface area contributed by atoms with Gasteiger partial charge in [0.25, 0.3) is 0 Å². The molecule has 0 N–H and O–H groups in total. The smallest absolute Gasteiger partial charge is 0.306 e. The van der Waals surface area contributed by atoms with Crippen LogP contribution in [0, 0.1) is 0 Å². The Kier molecular flexibility index (Phi) is 55.3. The molecule has 0 aromatic rings. The number of unbranched alkanes of at least 4 members (excludes halogenated alkanes) is 28. The summed E-state index contributed by atoms with van der Waals surface area (Å²) in [6.07, 6.45) is 76.1. The van der Waals surface area contributed by atoms with Crippen molar-refractivity contribution in [3.8, 4) is 0 Å². The molecule has 6 heteroatoms. The maximum absolute atomic E-state index is 12.8. The van der Waals surface area contributed by atoms with Crippen LogP contribution in [0.15, 0.2) is 85.1 Å². The van der Waals surface area contributed by atoms with Crippen molar-refractivity contribution < 1.29 is 28.6 Å². The van der Waals surface area contributed by atoms with E-state index in [1.165, 1.54) is 135 Å². The van der Waals surface area contributed by atoms with Gasteiger partial charge in [-0.25, -0.2) is 0 Å². The normalized spacial score (nSPS) is 12.7. The minimum atomic E-state index is -0.786. The van der Waals surface area contributed by atoms with E-state index in [0.717, 1.165) is 109 Å². The SMILES string of the molecule is CC/C=C\C/C=C\C/C=C\C/C=C\C/C=C\C/C=C\C/C=C\CCCCCC(=O)OCC(COC(=O)CCCCCCCC)OC(=O)CCCCCCCCCCCCCCCCCCCCCCC. The summed E-state index contributed by atoms with van der Waals surface area (Å²) in [4.78, 5) is 37.9. The standard InChI is InChI=1S/C64H110O6/c1-4-7-10-13-16-18-20-22-24-26-28-30-31-32-33-35-36-38-40-42-44-46-48-51-54-57-63(66)69-60-61(59-68-62(65)56-53-50-15-12-9-6-3)70-64(67)58-55-52-49-47-45-43-41-39-37-34-29-27-25-23-21-19-17-14-11-8-5-2/h7,10,16,18,22,24,28,30,32-33,36,38,42,44,61H,4-6,8-9,11-15,17,19-21,23,25-27,29,31,34-35,37,39-41,43,45-60H2,1-3H3/b10-7-,18-16-,24-22-,30-28-,33-32-,38-36-,44-42-. The molecule has 0 aliphatic carbocycles. The molecule has 0 aliphatic heterocycles. The van der Waals surface area contributed by atoms with E-state index in [0.29, 0.717) is 19.3 Å². The third kappa shape index (κ3) is 55.5. The topological polar surface area (TPSA) is 78.9 Å². The van der Waals surface area contributed by atoms with Gasteiger partial charge in [0, 0.05) is 19.3 Å². The van der Waals surface area contributed by atoms with Gasteiger partial charge in [-0.1, -0.05) is 273 Å². The van der Waals surface area contributed by atoms with Crippen LogP contribution in [0.3, 0.4) is 0 Å². The van der Waals surface area contributed by atoms with Crippen LogP contribution >= 0.6 is 0 Å². The Balaban J connectivity index is 4.20. The molecule has 0 amide bonds. The second kappa shape index (κ2) is 58.2. The van der Waals surface area contributed by atoms with Gasteiger partial charge in [-0.3, -0.25) is 14.4 Å². The Hall–Kier alpha value is -3.41. The Morgan fingerprint density at radius 2 is 0.557 bits per heavy atom. The highest BCUT2D eigenvalue weighted by Crippen LogP contribution is 2.16. The van der Waals surface area contributed by atoms with Gasteiger partial charge in [-0.05, 0) is 77.0 Å². The van der Waals surface area contributed by atoms with E-state index in [4.69, 9.17) is 14.2 Å². The summed E-state index contributed by atoms with van der Waals surface area (Å²) < 4.78 is 16.7. The number of rotatable bonds is 53. The molecule has 0 aromatic carbocycles. The predicted molar refractivity (Wildman–Crippen MR) is 302 cm³/mol. The van der Waals surface area contributed by atoms with Crippen molar-refractivity contribution in [2.75, 3.05) is 13.2 Å². The van der Waals surface area contributed by atoms with Gasteiger partial charge in [0.05, 0.1) is 0 Å². The number of hydrogen-bond donors (Lipinski definition) is 0. The van der Waals surface area contributed by atoms with Gasteiger partial charge >= 0.3 is 17.9 Å². The van der Waals surface area contributed by atoms with Crippen LogP contribution in [0.5, 0.6) is 0 Å². The largest absolute Gasteiger partial charge is 0.462 e. The molecule has 0 rings (SSSR count). The maximum atomic E-state index is 12.8. The van der Waals surface area contributed by atoms with Crippen LogP contribution < -0.4 is 0 Å². The number of carbonyl (C=O) groups excluding carboxylic acids is 3. The zero-order chi connectivity index (χ0) is 50.7. The fraction of sp³-hybridized carbons (Fsp3) is 0.734. The molecular formula is C64H110O6. The van der Waals surface area contributed by atoms with E-state index in [1.54, 1.807) is 0 Å². The van der Waals surface area contributed by atoms with E-state index in [-0.39, 0.29) is 31.1 Å². The summed E-state index contributed by atoms with van der Waals surface area (Å²) in [5.41, 5.74) is 0. The van der Waals surface area contributed by atoms with Gasteiger partial charge in [-0.2, -0.15) is 0 Å². The summed E-state index contributed by atoms with van der Waals surface area (Å²) in [6, 6.07) is 0. The molecule has 0 bridgehead atoms. The lowest BCUT2D eigenvalue weighted by atomic mass is 10.0. The maximum Gasteiger partial charge on any atom is 0.306 e. The quantitative estimate of drug-likeness (QED) is 0.0261. The molecule has 0 aromatic heterocycles. The molecule has 1 unspecified atom stereocenters. The fourth-order valence-electron chi connectivity index (χ4n) is 8.25. The first kappa shape index (κ1) is 66.6. The lowest BCUT2D eigenvalue weighted by molar-refractivity contribution is -0.167. The Bertz CT molecular complexity index is 1350. The first-order valence-corrected chi connectivity index (χ1v) is 29.6. The van der Waals surface area contributed by atoms with Crippen LogP contribution in [-0.2, 0) is 28.6 Å². The van der Waals surface area contributed by atoms with Gasteiger partial charge in [-0.15, -0.1) is 0 Å². The summed E-state index contributed by atoms with van der Waals surface area (Å²) >= 11 is 0. The second-order valence-electron chi connectivity index (χ2n) is 19.5. The zero-order valence-electron chi connectivity index (χ0n) is 46.0. The highest BCUT2D eigenvalue weighted by Gasteiger charge is 2.19. The van der Waals surface area contributed by atoms with Gasteiger partial charge in [0.1, 0.15) is 13.2 Å². The minimum Gasteiger partial charge on any atom is -0.462 e.